The van der Waals surface area contributed by atoms with Gasteiger partial charge >= 0.3 is 0 Å². The Morgan fingerprint density at radius 3 is 2.39 bits per heavy atom. The normalized spacial score (nSPS) is 10.8. The standard InChI is InChI=1S/C23H28N4O2S2/c1-4-27(5-2)19-10-8-18(9-11-19)22-25-26-23(29-22)31-16-21(28)24-14-15-30-20-12-6-17(3)7-13-20/h6-13H,4-5,14-16H2,1-3H3,(H,24,28). The Hall–Kier alpha value is -2.45. The van der Waals surface area contributed by atoms with Crippen molar-refractivity contribution in [3.63, 3.8) is 0 Å². The quantitative estimate of drug-likeness (QED) is 0.325. The van der Waals surface area contributed by atoms with Crippen LogP contribution in [0.3, 0.4) is 0 Å². The number of hydrogen-bond donors (Lipinski definition) is 1. The first-order valence-electron chi connectivity index (χ1n) is 10.4. The smallest absolute Gasteiger partial charge is 0.277 e. The minimum absolute atomic E-state index is 0.0437. The Bertz CT molecular complexity index is 954. The maximum absolute atomic E-state index is 12.1. The largest absolute Gasteiger partial charge is 0.411 e. The number of aryl methyl sites for hydroxylation is 1. The van der Waals surface area contributed by atoms with Crippen LogP contribution in [-0.4, -0.2) is 47.2 Å². The maximum Gasteiger partial charge on any atom is 0.277 e. The first kappa shape index (κ1) is 23.2. The summed E-state index contributed by atoms with van der Waals surface area (Å²) in [4.78, 5) is 15.6. The molecule has 1 N–H and O–H groups in total. The van der Waals surface area contributed by atoms with Crippen LogP contribution in [0.5, 0.6) is 0 Å². The summed E-state index contributed by atoms with van der Waals surface area (Å²) < 4.78 is 5.71. The Balaban J connectivity index is 1.41. The molecular weight excluding hydrogens is 428 g/mol. The average molecular weight is 457 g/mol. The number of benzene rings is 2. The van der Waals surface area contributed by atoms with Crippen LogP contribution in [0.4, 0.5) is 5.69 Å². The van der Waals surface area contributed by atoms with Crippen molar-refractivity contribution >= 4 is 35.1 Å². The van der Waals surface area contributed by atoms with Crippen LogP contribution >= 0.6 is 23.5 Å². The molecule has 0 aliphatic rings. The Kier molecular flexibility index (Phi) is 8.85. The van der Waals surface area contributed by atoms with Crippen molar-refractivity contribution < 1.29 is 9.21 Å². The van der Waals surface area contributed by atoms with Crippen molar-refractivity contribution in [3.8, 4) is 11.5 Å². The summed E-state index contributed by atoms with van der Waals surface area (Å²) in [6.07, 6.45) is 0. The number of amides is 1. The van der Waals surface area contributed by atoms with E-state index in [2.05, 4.69) is 77.6 Å². The summed E-state index contributed by atoms with van der Waals surface area (Å²) >= 11 is 2.97. The molecule has 0 saturated carbocycles. The summed E-state index contributed by atoms with van der Waals surface area (Å²) in [6, 6.07) is 16.5. The third-order valence-electron chi connectivity index (χ3n) is 4.69. The Morgan fingerprint density at radius 2 is 1.71 bits per heavy atom. The summed E-state index contributed by atoms with van der Waals surface area (Å²) in [5.74, 6) is 1.49. The molecule has 0 fully saturated rings. The first-order valence-corrected chi connectivity index (χ1v) is 12.3. The highest BCUT2D eigenvalue weighted by Gasteiger charge is 2.12. The molecule has 31 heavy (non-hydrogen) atoms. The van der Waals surface area contributed by atoms with Crippen LogP contribution in [0, 0.1) is 6.92 Å². The number of carbonyl (C=O) groups excluding carboxylic acids is 1. The maximum atomic E-state index is 12.1. The van der Waals surface area contributed by atoms with Gasteiger partial charge in [0.2, 0.25) is 11.8 Å². The molecule has 3 rings (SSSR count). The molecule has 1 aromatic heterocycles. The van der Waals surface area contributed by atoms with Crippen molar-refractivity contribution in [1.82, 2.24) is 15.5 Å². The van der Waals surface area contributed by atoms with Crippen molar-refractivity contribution in [1.29, 1.82) is 0 Å². The number of thioether (sulfide) groups is 2. The minimum Gasteiger partial charge on any atom is -0.411 e. The van der Waals surface area contributed by atoms with Crippen LogP contribution in [0.1, 0.15) is 19.4 Å². The third kappa shape index (κ3) is 7.04. The predicted octanol–water partition coefficient (Wildman–Crippen LogP) is 4.89. The summed E-state index contributed by atoms with van der Waals surface area (Å²) in [6.45, 7) is 8.89. The van der Waals surface area contributed by atoms with Crippen molar-refractivity contribution in [3.05, 3.63) is 54.1 Å². The number of nitrogens with one attached hydrogen (secondary N) is 1. The highest BCUT2D eigenvalue weighted by Crippen LogP contribution is 2.25. The second kappa shape index (κ2) is 11.8. The van der Waals surface area contributed by atoms with Gasteiger partial charge < -0.3 is 14.6 Å². The van der Waals surface area contributed by atoms with E-state index in [1.54, 1.807) is 11.8 Å². The fourth-order valence-electron chi connectivity index (χ4n) is 2.96. The van der Waals surface area contributed by atoms with Gasteiger partial charge in [0.1, 0.15) is 0 Å². The lowest BCUT2D eigenvalue weighted by Crippen LogP contribution is -2.27. The van der Waals surface area contributed by atoms with Gasteiger partial charge in [0.15, 0.2) is 0 Å². The van der Waals surface area contributed by atoms with E-state index in [-0.39, 0.29) is 11.7 Å². The number of nitrogens with zero attached hydrogens (tertiary/aromatic N) is 3. The molecule has 0 unspecified atom stereocenters. The minimum atomic E-state index is -0.0437. The Morgan fingerprint density at radius 1 is 1.00 bits per heavy atom. The molecule has 0 bridgehead atoms. The van der Waals surface area contributed by atoms with E-state index in [4.69, 9.17) is 4.42 Å². The molecule has 164 valence electrons. The fourth-order valence-corrected chi connectivity index (χ4v) is 4.32. The summed E-state index contributed by atoms with van der Waals surface area (Å²) in [5.41, 5.74) is 3.28. The van der Waals surface area contributed by atoms with E-state index < -0.39 is 0 Å². The van der Waals surface area contributed by atoms with Crippen molar-refractivity contribution in [2.75, 3.05) is 36.0 Å². The highest BCUT2D eigenvalue weighted by molar-refractivity contribution is 7.99. The van der Waals surface area contributed by atoms with E-state index in [1.165, 1.54) is 27.9 Å². The number of carbonyl (C=O) groups is 1. The van der Waals surface area contributed by atoms with Gasteiger partial charge in [0.25, 0.3) is 5.22 Å². The van der Waals surface area contributed by atoms with Gasteiger partial charge in [-0.2, -0.15) is 0 Å². The lowest BCUT2D eigenvalue weighted by molar-refractivity contribution is -0.118. The molecule has 0 atom stereocenters. The van der Waals surface area contributed by atoms with E-state index >= 15 is 0 Å². The van der Waals surface area contributed by atoms with E-state index in [9.17, 15) is 4.79 Å². The van der Waals surface area contributed by atoms with Crippen LogP contribution in [-0.2, 0) is 4.79 Å². The van der Waals surface area contributed by atoms with Gasteiger partial charge in [-0.3, -0.25) is 4.79 Å². The highest BCUT2D eigenvalue weighted by atomic mass is 32.2. The molecular formula is C23H28N4O2S2. The molecule has 0 saturated heterocycles. The lowest BCUT2D eigenvalue weighted by atomic mass is 10.2. The zero-order chi connectivity index (χ0) is 22.1. The number of aromatic nitrogens is 2. The zero-order valence-electron chi connectivity index (χ0n) is 18.1. The molecule has 0 radical (unpaired) electrons. The first-order chi connectivity index (χ1) is 15.1. The van der Waals surface area contributed by atoms with Gasteiger partial charge in [-0.25, -0.2) is 0 Å². The van der Waals surface area contributed by atoms with Gasteiger partial charge in [0.05, 0.1) is 5.75 Å². The van der Waals surface area contributed by atoms with Crippen LogP contribution in [0.25, 0.3) is 11.5 Å². The summed E-state index contributed by atoms with van der Waals surface area (Å²) in [7, 11) is 0. The monoisotopic (exact) mass is 456 g/mol. The van der Waals surface area contributed by atoms with Crippen molar-refractivity contribution in [2.24, 2.45) is 0 Å². The molecule has 6 nitrogen and oxygen atoms in total. The Labute approximate surface area is 192 Å². The number of anilines is 1. The second-order valence-electron chi connectivity index (χ2n) is 6.89. The number of hydrogen-bond acceptors (Lipinski definition) is 7. The van der Waals surface area contributed by atoms with E-state index in [1.807, 2.05) is 12.1 Å². The zero-order valence-corrected chi connectivity index (χ0v) is 19.8. The molecule has 1 amide bonds. The number of rotatable bonds is 11. The van der Waals surface area contributed by atoms with Gasteiger partial charge in [-0.1, -0.05) is 29.5 Å². The molecule has 0 aliphatic carbocycles. The van der Waals surface area contributed by atoms with Gasteiger partial charge in [0, 0.05) is 41.5 Å². The summed E-state index contributed by atoms with van der Waals surface area (Å²) in [5, 5.41) is 11.5. The molecule has 2 aromatic carbocycles. The van der Waals surface area contributed by atoms with E-state index in [0.717, 1.165) is 24.4 Å². The molecule has 3 aromatic rings. The molecule has 8 heteroatoms. The molecule has 0 aliphatic heterocycles. The topological polar surface area (TPSA) is 71.3 Å². The van der Waals surface area contributed by atoms with Crippen molar-refractivity contribution in [2.45, 2.75) is 30.9 Å². The molecule has 1 heterocycles. The van der Waals surface area contributed by atoms with Crippen LogP contribution < -0.4 is 10.2 Å². The SMILES string of the molecule is CCN(CC)c1ccc(-c2nnc(SCC(=O)NCCSc3ccc(C)cc3)o2)cc1. The van der Waals surface area contributed by atoms with E-state index in [0.29, 0.717) is 17.7 Å². The van der Waals surface area contributed by atoms with Gasteiger partial charge in [-0.05, 0) is 57.2 Å². The van der Waals surface area contributed by atoms with Gasteiger partial charge in [-0.15, -0.1) is 22.0 Å². The van der Waals surface area contributed by atoms with Crippen LogP contribution in [0.2, 0.25) is 0 Å². The van der Waals surface area contributed by atoms with Crippen LogP contribution in [0.15, 0.2) is 63.1 Å². The third-order valence-corrected chi connectivity index (χ3v) is 6.52. The second-order valence-corrected chi connectivity index (χ2v) is 8.99. The molecule has 0 spiro atoms. The average Bonchev–Trinajstić information content (AvgIpc) is 3.27. The lowest BCUT2D eigenvalue weighted by Gasteiger charge is -2.20. The fraction of sp³-hybridized carbons (Fsp3) is 0.348. The predicted molar refractivity (Wildman–Crippen MR) is 129 cm³/mol.